The van der Waals surface area contributed by atoms with E-state index in [0.29, 0.717) is 0 Å². The molecule has 0 aliphatic carbocycles. The van der Waals surface area contributed by atoms with Crippen LogP contribution in [0.4, 0.5) is 26.3 Å². The highest BCUT2D eigenvalue weighted by Gasteiger charge is 2.34. The van der Waals surface area contributed by atoms with Gasteiger partial charge in [0.05, 0.1) is 0 Å². The monoisotopic (exact) mass is 306 g/mol. The van der Waals surface area contributed by atoms with E-state index in [0.717, 1.165) is 10.7 Å². The molecule has 0 bridgehead atoms. The summed E-state index contributed by atoms with van der Waals surface area (Å²) in [5, 5.41) is 11.5. The van der Waals surface area contributed by atoms with Gasteiger partial charge in [-0.2, -0.15) is 31.4 Å². The van der Waals surface area contributed by atoms with Crippen molar-refractivity contribution in [1.29, 1.82) is 0 Å². The third-order valence-electron chi connectivity index (χ3n) is 1.69. The van der Waals surface area contributed by atoms with Gasteiger partial charge in [-0.3, -0.25) is 14.3 Å². The zero-order valence-corrected chi connectivity index (χ0v) is 9.79. The first kappa shape index (κ1) is 17.9. The third kappa shape index (κ3) is 6.75. The van der Waals surface area contributed by atoms with Crippen molar-refractivity contribution in [2.24, 2.45) is 0 Å². The molecular formula is C9H8F6N2O3. The Morgan fingerprint density at radius 1 is 1.35 bits per heavy atom. The molecule has 0 radical (unpaired) electrons. The first-order valence-electron chi connectivity index (χ1n) is 4.73. The number of aldehydes is 1. The average Bonchev–Trinajstić information content (AvgIpc) is 2.59. The quantitative estimate of drug-likeness (QED) is 0.670. The summed E-state index contributed by atoms with van der Waals surface area (Å²) in [7, 11) is 0. The van der Waals surface area contributed by atoms with E-state index in [1.54, 1.807) is 0 Å². The molecule has 0 unspecified atom stereocenters. The van der Waals surface area contributed by atoms with E-state index in [2.05, 4.69) is 5.10 Å². The van der Waals surface area contributed by atoms with E-state index in [1.165, 1.54) is 6.92 Å². The van der Waals surface area contributed by atoms with Crippen LogP contribution in [-0.4, -0.2) is 33.3 Å². The van der Waals surface area contributed by atoms with E-state index in [4.69, 9.17) is 9.90 Å². The molecule has 1 aromatic rings. The van der Waals surface area contributed by atoms with E-state index in [1.807, 2.05) is 0 Å². The normalized spacial score (nSPS) is 11.6. The Hall–Kier alpha value is -2.07. The molecule has 1 rings (SSSR count). The summed E-state index contributed by atoms with van der Waals surface area (Å²) in [6, 6.07) is 0.808. The smallest absolute Gasteiger partial charge is 0.446 e. The van der Waals surface area contributed by atoms with Gasteiger partial charge in [-0.25, -0.2) is 0 Å². The number of carboxylic acid groups (broad SMARTS) is 1. The molecule has 1 heterocycles. The van der Waals surface area contributed by atoms with Crippen LogP contribution in [0.1, 0.15) is 11.4 Å². The Balaban J connectivity index is 0.000000511. The minimum Gasteiger partial charge on any atom is -0.480 e. The molecule has 0 aliphatic rings. The number of hydrogen-bond donors (Lipinski definition) is 1. The van der Waals surface area contributed by atoms with Gasteiger partial charge in [-0.15, -0.1) is 0 Å². The summed E-state index contributed by atoms with van der Waals surface area (Å²) in [6.07, 6.45) is -10.2. The van der Waals surface area contributed by atoms with Gasteiger partial charge in [0, 0.05) is 5.69 Å². The predicted octanol–water partition coefficient (Wildman–Crippen LogP) is 2.04. The molecule has 114 valence electrons. The Labute approximate surface area is 107 Å². The van der Waals surface area contributed by atoms with Crippen molar-refractivity contribution in [1.82, 2.24) is 9.78 Å². The van der Waals surface area contributed by atoms with Crippen LogP contribution in [0.5, 0.6) is 0 Å². The first-order chi connectivity index (χ1) is 8.86. The highest BCUT2D eigenvalue weighted by molar-refractivity contribution is 5.66. The SMILES string of the molecule is Cc1cc(C(F)(F)F)nn1CC(=O)O.O=CC(F)(F)F. The fourth-order valence-corrected chi connectivity index (χ4v) is 0.937. The summed E-state index contributed by atoms with van der Waals surface area (Å²) in [6.45, 7) is 0.799. The van der Waals surface area contributed by atoms with Crippen LogP contribution in [0.15, 0.2) is 6.07 Å². The molecule has 0 saturated carbocycles. The number of nitrogens with zero attached hydrogens (tertiary/aromatic N) is 2. The van der Waals surface area contributed by atoms with Gasteiger partial charge < -0.3 is 5.11 Å². The summed E-state index contributed by atoms with van der Waals surface area (Å²) in [5.74, 6) is -1.23. The van der Waals surface area contributed by atoms with E-state index in [9.17, 15) is 31.1 Å². The predicted molar refractivity (Wildman–Crippen MR) is 51.7 cm³/mol. The minimum absolute atomic E-state index is 0.166. The fourth-order valence-electron chi connectivity index (χ4n) is 0.937. The van der Waals surface area contributed by atoms with Gasteiger partial charge in [-0.05, 0) is 13.0 Å². The van der Waals surface area contributed by atoms with Crippen molar-refractivity contribution in [2.45, 2.75) is 25.8 Å². The summed E-state index contributed by atoms with van der Waals surface area (Å²) >= 11 is 0. The molecule has 0 aromatic carbocycles. The largest absolute Gasteiger partial charge is 0.480 e. The molecule has 1 N–H and O–H groups in total. The lowest BCUT2D eigenvalue weighted by atomic mass is 10.4. The second kappa shape index (κ2) is 6.39. The lowest BCUT2D eigenvalue weighted by Gasteiger charge is -2.00. The molecule has 20 heavy (non-hydrogen) atoms. The van der Waals surface area contributed by atoms with Crippen molar-refractivity contribution in [3.63, 3.8) is 0 Å². The van der Waals surface area contributed by atoms with E-state index < -0.39 is 36.8 Å². The number of aromatic nitrogens is 2. The van der Waals surface area contributed by atoms with Crippen LogP contribution < -0.4 is 0 Å². The van der Waals surface area contributed by atoms with E-state index >= 15 is 0 Å². The summed E-state index contributed by atoms with van der Waals surface area (Å²) < 4.78 is 68.3. The molecule has 0 amide bonds. The van der Waals surface area contributed by atoms with Crippen molar-refractivity contribution in [2.75, 3.05) is 0 Å². The number of carbonyl (C=O) groups is 2. The topological polar surface area (TPSA) is 72.2 Å². The second-order valence-electron chi connectivity index (χ2n) is 3.38. The van der Waals surface area contributed by atoms with Gasteiger partial charge in [0.25, 0.3) is 0 Å². The number of aryl methyl sites for hydroxylation is 1. The maximum Gasteiger partial charge on any atom is 0.446 e. The first-order valence-corrected chi connectivity index (χ1v) is 4.73. The summed E-state index contributed by atoms with van der Waals surface area (Å²) in [4.78, 5) is 18.9. The standard InChI is InChI=1S/C7H7F3N2O2.C2HF3O/c1-4-2-5(7(8,9)10)11-12(4)3-6(13)14;3-2(4,5)1-6/h2H,3H2,1H3,(H,13,14);1H. The van der Waals surface area contributed by atoms with Gasteiger partial charge in [0.2, 0.25) is 6.29 Å². The minimum atomic E-state index is -4.64. The summed E-state index contributed by atoms with van der Waals surface area (Å²) in [5.41, 5.74) is -0.907. The van der Waals surface area contributed by atoms with Gasteiger partial charge in [0.1, 0.15) is 6.54 Å². The number of carboxylic acids is 1. The molecule has 0 atom stereocenters. The number of aliphatic carboxylic acids is 1. The molecule has 11 heteroatoms. The van der Waals surface area contributed by atoms with Gasteiger partial charge >= 0.3 is 18.3 Å². The average molecular weight is 306 g/mol. The number of rotatable bonds is 2. The maximum atomic E-state index is 12.1. The highest BCUT2D eigenvalue weighted by atomic mass is 19.4. The van der Waals surface area contributed by atoms with Crippen LogP contribution >= 0.6 is 0 Å². The third-order valence-corrected chi connectivity index (χ3v) is 1.69. The molecule has 1 aromatic heterocycles. The fraction of sp³-hybridized carbons (Fsp3) is 0.444. The molecule has 5 nitrogen and oxygen atoms in total. The lowest BCUT2D eigenvalue weighted by molar-refractivity contribution is -0.156. The zero-order chi connectivity index (χ0) is 16.1. The molecular weight excluding hydrogens is 298 g/mol. The Morgan fingerprint density at radius 3 is 2.05 bits per heavy atom. The van der Waals surface area contributed by atoms with Crippen LogP contribution in [0.3, 0.4) is 0 Å². The van der Waals surface area contributed by atoms with Crippen molar-refractivity contribution < 1.29 is 41.0 Å². The van der Waals surface area contributed by atoms with Crippen molar-refractivity contribution in [3.8, 4) is 0 Å². The highest BCUT2D eigenvalue weighted by Crippen LogP contribution is 2.28. The van der Waals surface area contributed by atoms with Crippen LogP contribution in [0.25, 0.3) is 0 Å². The van der Waals surface area contributed by atoms with Crippen molar-refractivity contribution >= 4 is 12.3 Å². The number of carbonyl (C=O) groups excluding carboxylic acids is 1. The number of hydrogen-bond acceptors (Lipinski definition) is 3. The second-order valence-corrected chi connectivity index (χ2v) is 3.38. The Kier molecular flexibility index (Phi) is 5.73. The molecule has 0 aliphatic heterocycles. The van der Waals surface area contributed by atoms with E-state index in [-0.39, 0.29) is 5.69 Å². The lowest BCUT2D eigenvalue weighted by Crippen LogP contribution is -2.13. The number of alkyl halides is 6. The molecule has 0 fully saturated rings. The van der Waals surface area contributed by atoms with Gasteiger partial charge in [-0.1, -0.05) is 0 Å². The van der Waals surface area contributed by atoms with Crippen molar-refractivity contribution in [3.05, 3.63) is 17.5 Å². The zero-order valence-electron chi connectivity index (χ0n) is 9.79. The molecule has 0 saturated heterocycles. The Morgan fingerprint density at radius 2 is 1.80 bits per heavy atom. The van der Waals surface area contributed by atoms with Crippen LogP contribution in [-0.2, 0) is 22.3 Å². The number of halogens is 6. The molecule has 0 spiro atoms. The van der Waals surface area contributed by atoms with Crippen LogP contribution in [0.2, 0.25) is 0 Å². The maximum absolute atomic E-state index is 12.1. The van der Waals surface area contributed by atoms with Crippen LogP contribution in [0, 0.1) is 6.92 Å². The van der Waals surface area contributed by atoms with Gasteiger partial charge in [0.15, 0.2) is 5.69 Å². The Bertz CT molecular complexity index is 477.